The Labute approximate surface area is 145 Å². The van der Waals surface area contributed by atoms with Crippen LogP contribution in [0.2, 0.25) is 0 Å². The fourth-order valence-electron chi connectivity index (χ4n) is 2.84. The van der Waals surface area contributed by atoms with Crippen LogP contribution < -0.4 is 4.74 Å². The van der Waals surface area contributed by atoms with Crippen LogP contribution in [0.25, 0.3) is 28.2 Å². The number of rotatable bonds is 3. The first kappa shape index (κ1) is 16.1. The van der Waals surface area contributed by atoms with Crippen LogP contribution in [0.15, 0.2) is 48.8 Å². The summed E-state index contributed by atoms with van der Waals surface area (Å²) in [6.07, 6.45) is 1.27. The first-order chi connectivity index (χ1) is 12.6. The van der Waals surface area contributed by atoms with E-state index in [0.717, 1.165) is 0 Å². The quantitative estimate of drug-likeness (QED) is 0.559. The number of hydrogen-bond acceptors (Lipinski definition) is 4. The maximum Gasteiger partial charge on any atom is 0.256 e. The summed E-state index contributed by atoms with van der Waals surface area (Å²) in [6.45, 7) is 0. The van der Waals surface area contributed by atoms with Gasteiger partial charge < -0.3 is 4.74 Å². The van der Waals surface area contributed by atoms with Crippen molar-refractivity contribution >= 4 is 5.78 Å². The number of fused-ring (bicyclic) bond motifs is 1. The van der Waals surface area contributed by atoms with Crippen LogP contribution in [0.3, 0.4) is 0 Å². The minimum absolute atomic E-state index is 0.0201. The number of nitrogens with zero attached hydrogens (tertiary/aromatic N) is 4. The minimum atomic E-state index is -1.07. The second kappa shape index (κ2) is 6.14. The molecular formula is C18H11F3N4O. The summed E-state index contributed by atoms with van der Waals surface area (Å²) in [5.41, 5.74) is 0.509. The lowest BCUT2D eigenvalue weighted by atomic mass is 9.99. The monoisotopic (exact) mass is 356 g/mol. The van der Waals surface area contributed by atoms with Crippen molar-refractivity contribution in [3.8, 4) is 28.3 Å². The van der Waals surface area contributed by atoms with Crippen LogP contribution in [-0.2, 0) is 0 Å². The van der Waals surface area contributed by atoms with E-state index in [0.29, 0.717) is 23.4 Å². The summed E-state index contributed by atoms with van der Waals surface area (Å²) in [5.74, 6) is -3.00. The number of hydrogen-bond donors (Lipinski definition) is 0. The molecule has 0 N–H and O–H groups in total. The van der Waals surface area contributed by atoms with Gasteiger partial charge in [0, 0.05) is 17.7 Å². The second-order valence-electron chi connectivity index (χ2n) is 5.43. The van der Waals surface area contributed by atoms with Crippen LogP contribution in [0.1, 0.15) is 0 Å². The van der Waals surface area contributed by atoms with Gasteiger partial charge in [-0.25, -0.2) is 13.2 Å². The summed E-state index contributed by atoms with van der Waals surface area (Å²) < 4.78 is 49.0. The molecule has 0 atom stereocenters. The number of aromatic nitrogens is 4. The van der Waals surface area contributed by atoms with Crippen molar-refractivity contribution in [1.29, 1.82) is 0 Å². The Bertz CT molecular complexity index is 1090. The van der Waals surface area contributed by atoms with Gasteiger partial charge in [-0.05, 0) is 0 Å². The van der Waals surface area contributed by atoms with Gasteiger partial charge in [0.1, 0.15) is 23.8 Å². The lowest BCUT2D eigenvalue weighted by Gasteiger charge is -2.16. The molecule has 0 spiro atoms. The van der Waals surface area contributed by atoms with E-state index in [1.54, 1.807) is 30.3 Å². The first-order valence-electron chi connectivity index (χ1n) is 7.58. The molecule has 0 amide bonds. The molecule has 0 aliphatic carbocycles. The number of methoxy groups -OCH3 is 1. The van der Waals surface area contributed by atoms with Gasteiger partial charge in [0.2, 0.25) is 5.88 Å². The van der Waals surface area contributed by atoms with E-state index in [4.69, 9.17) is 4.74 Å². The fraction of sp³-hybridized carbons (Fsp3) is 0.0556. The van der Waals surface area contributed by atoms with Crippen LogP contribution in [0, 0.1) is 17.5 Å². The van der Waals surface area contributed by atoms with Gasteiger partial charge in [0.05, 0.1) is 23.9 Å². The molecule has 0 saturated carbocycles. The highest BCUT2D eigenvalue weighted by Gasteiger charge is 2.26. The Balaban J connectivity index is 2.18. The summed E-state index contributed by atoms with van der Waals surface area (Å²) in [4.78, 5) is 8.18. The predicted molar refractivity (Wildman–Crippen MR) is 88.1 cm³/mol. The summed E-state index contributed by atoms with van der Waals surface area (Å²) in [7, 11) is 1.33. The summed E-state index contributed by atoms with van der Waals surface area (Å²) >= 11 is 0. The van der Waals surface area contributed by atoms with E-state index < -0.39 is 23.0 Å². The maximum absolute atomic E-state index is 14.5. The van der Waals surface area contributed by atoms with Crippen LogP contribution in [0.5, 0.6) is 5.88 Å². The third-order valence-corrected chi connectivity index (χ3v) is 3.89. The van der Waals surface area contributed by atoms with E-state index >= 15 is 0 Å². The third-order valence-electron chi connectivity index (χ3n) is 3.89. The van der Waals surface area contributed by atoms with Crippen molar-refractivity contribution in [2.75, 3.05) is 7.11 Å². The number of ether oxygens (including phenoxy) is 1. The summed E-state index contributed by atoms with van der Waals surface area (Å²) in [6, 6.07) is 10.1. The fourth-order valence-corrected chi connectivity index (χ4v) is 2.84. The molecule has 0 fully saturated rings. The Morgan fingerprint density at radius 1 is 0.962 bits per heavy atom. The zero-order valence-corrected chi connectivity index (χ0v) is 13.4. The van der Waals surface area contributed by atoms with Crippen molar-refractivity contribution in [3.05, 3.63) is 66.2 Å². The molecule has 5 nitrogen and oxygen atoms in total. The largest absolute Gasteiger partial charge is 0.480 e. The Kier molecular flexibility index (Phi) is 3.80. The third kappa shape index (κ3) is 2.46. The van der Waals surface area contributed by atoms with Crippen LogP contribution >= 0.6 is 0 Å². The molecule has 26 heavy (non-hydrogen) atoms. The topological polar surface area (TPSA) is 52.3 Å². The maximum atomic E-state index is 14.5. The molecule has 2 aromatic heterocycles. The van der Waals surface area contributed by atoms with E-state index in [-0.39, 0.29) is 17.2 Å². The van der Waals surface area contributed by atoms with Crippen LogP contribution in [0.4, 0.5) is 13.2 Å². The molecule has 0 aliphatic rings. The molecule has 2 heterocycles. The van der Waals surface area contributed by atoms with E-state index in [1.807, 2.05) is 0 Å². The SMILES string of the molecule is COc1nc2ncnn2c(-c2ccccc2)c1-c1c(F)cc(F)cc1F. The van der Waals surface area contributed by atoms with Crippen molar-refractivity contribution in [3.63, 3.8) is 0 Å². The van der Waals surface area contributed by atoms with Crippen molar-refractivity contribution in [2.24, 2.45) is 0 Å². The zero-order chi connectivity index (χ0) is 18.3. The van der Waals surface area contributed by atoms with E-state index in [2.05, 4.69) is 15.1 Å². The molecule has 0 bridgehead atoms. The molecule has 0 radical (unpaired) electrons. The van der Waals surface area contributed by atoms with Gasteiger partial charge in [0.25, 0.3) is 5.78 Å². The first-order valence-corrected chi connectivity index (χ1v) is 7.58. The van der Waals surface area contributed by atoms with Gasteiger partial charge in [-0.3, -0.25) is 0 Å². The molecular weight excluding hydrogens is 345 g/mol. The number of benzene rings is 2. The van der Waals surface area contributed by atoms with Gasteiger partial charge in [0.15, 0.2) is 0 Å². The highest BCUT2D eigenvalue weighted by atomic mass is 19.1. The molecule has 0 saturated heterocycles. The Morgan fingerprint density at radius 2 is 1.65 bits per heavy atom. The molecule has 0 unspecified atom stereocenters. The van der Waals surface area contributed by atoms with Gasteiger partial charge in [-0.2, -0.15) is 19.6 Å². The smallest absolute Gasteiger partial charge is 0.256 e. The van der Waals surface area contributed by atoms with Crippen molar-refractivity contribution in [2.45, 2.75) is 0 Å². The van der Waals surface area contributed by atoms with Gasteiger partial charge >= 0.3 is 0 Å². The van der Waals surface area contributed by atoms with Gasteiger partial charge in [-0.1, -0.05) is 30.3 Å². The van der Waals surface area contributed by atoms with Crippen molar-refractivity contribution < 1.29 is 17.9 Å². The highest BCUT2D eigenvalue weighted by Crippen LogP contribution is 2.40. The molecule has 0 aliphatic heterocycles. The molecule has 8 heteroatoms. The number of halogens is 3. The average molecular weight is 356 g/mol. The lowest BCUT2D eigenvalue weighted by molar-refractivity contribution is 0.399. The molecule has 2 aromatic carbocycles. The second-order valence-corrected chi connectivity index (χ2v) is 5.43. The van der Waals surface area contributed by atoms with Crippen LogP contribution in [-0.4, -0.2) is 26.7 Å². The van der Waals surface area contributed by atoms with E-state index in [1.165, 1.54) is 18.0 Å². The average Bonchev–Trinajstić information content (AvgIpc) is 3.09. The Morgan fingerprint density at radius 3 is 2.31 bits per heavy atom. The van der Waals surface area contributed by atoms with Crippen molar-refractivity contribution in [1.82, 2.24) is 19.6 Å². The minimum Gasteiger partial charge on any atom is -0.480 e. The van der Waals surface area contributed by atoms with Gasteiger partial charge in [-0.15, -0.1) is 0 Å². The zero-order valence-electron chi connectivity index (χ0n) is 13.4. The van der Waals surface area contributed by atoms with E-state index in [9.17, 15) is 13.2 Å². The predicted octanol–water partition coefficient (Wildman–Crippen LogP) is 3.88. The normalized spacial score (nSPS) is 11.1. The summed E-state index contributed by atoms with van der Waals surface area (Å²) in [5, 5.41) is 4.10. The molecule has 130 valence electrons. The lowest BCUT2D eigenvalue weighted by Crippen LogP contribution is -2.06. The standard InChI is InChI=1S/C18H11F3N4O/c1-26-17-15(14-12(20)7-11(19)8-13(14)21)16(10-5-3-2-4-6-10)25-18(24-17)22-9-23-25/h2-9H,1H3. The Hall–Kier alpha value is -3.42. The molecule has 4 aromatic rings. The molecule has 4 rings (SSSR count). The highest BCUT2D eigenvalue weighted by molar-refractivity contribution is 5.86.